The largest absolute Gasteiger partial charge is 0.310 e. The number of halogens is 1. The maximum Gasteiger partial charge on any atom is 0.0569 e. The fourth-order valence-electron chi connectivity index (χ4n) is 7.49. The molecule has 0 saturated heterocycles. The van der Waals surface area contributed by atoms with Crippen LogP contribution in [-0.4, -0.2) is 0 Å². The van der Waals surface area contributed by atoms with Gasteiger partial charge in [-0.2, -0.15) is 0 Å². The number of thiophene rings is 2. The van der Waals surface area contributed by atoms with Gasteiger partial charge in [-0.05, 0) is 102 Å². The number of para-hydroxylation sites is 3. The van der Waals surface area contributed by atoms with Gasteiger partial charge in [-0.15, -0.1) is 22.7 Å². The van der Waals surface area contributed by atoms with E-state index in [1.54, 1.807) is 11.3 Å². The van der Waals surface area contributed by atoms with E-state index in [1.807, 2.05) is 11.3 Å². The zero-order chi connectivity index (χ0) is 35.3. The molecular weight excluding hydrogens is 704 g/mol. The van der Waals surface area contributed by atoms with Crippen LogP contribution in [0.25, 0.3) is 51.5 Å². The fraction of sp³-hybridized carbons (Fsp3) is 0. The summed E-state index contributed by atoms with van der Waals surface area (Å²) >= 11 is 10.5. The summed E-state index contributed by atoms with van der Waals surface area (Å²) in [5, 5.41) is 5.73. The Labute approximate surface area is 321 Å². The molecule has 0 bridgehead atoms. The van der Waals surface area contributed by atoms with E-state index in [0.29, 0.717) is 0 Å². The average molecular weight is 735 g/mol. The molecule has 0 saturated carbocycles. The summed E-state index contributed by atoms with van der Waals surface area (Å²) in [4.78, 5) is 4.68. The van der Waals surface area contributed by atoms with E-state index >= 15 is 0 Å². The van der Waals surface area contributed by atoms with Gasteiger partial charge in [-0.1, -0.05) is 109 Å². The second kappa shape index (κ2) is 13.3. The summed E-state index contributed by atoms with van der Waals surface area (Å²) in [7, 11) is 0. The van der Waals surface area contributed by atoms with Crippen molar-refractivity contribution in [2.75, 3.05) is 9.80 Å². The summed E-state index contributed by atoms with van der Waals surface area (Å²) in [6, 6.07) is 67.2. The highest BCUT2D eigenvalue weighted by atomic mass is 35.5. The number of hydrogen-bond donors (Lipinski definition) is 0. The smallest absolute Gasteiger partial charge is 0.0569 e. The summed E-state index contributed by atoms with van der Waals surface area (Å²) < 4.78 is 5.00. The second-order valence-electron chi connectivity index (χ2n) is 13.1. The third-order valence-electron chi connectivity index (χ3n) is 9.86. The van der Waals surface area contributed by atoms with Crippen LogP contribution >= 0.6 is 34.3 Å². The van der Waals surface area contributed by atoms with E-state index in [9.17, 15) is 0 Å². The molecule has 2 nitrogen and oxygen atoms in total. The zero-order valence-corrected chi connectivity index (χ0v) is 30.9. The van der Waals surface area contributed by atoms with Crippen LogP contribution in [0.5, 0.6) is 0 Å². The first-order chi connectivity index (χ1) is 26.2. The molecular formula is C48H31ClN2S2. The first-order valence-corrected chi connectivity index (χ1v) is 19.6. The lowest BCUT2D eigenvalue weighted by atomic mass is 10.0. The fourth-order valence-corrected chi connectivity index (χ4v) is 10.1. The molecule has 0 aliphatic rings. The van der Waals surface area contributed by atoms with Crippen molar-refractivity contribution < 1.29 is 0 Å². The minimum absolute atomic E-state index is 0.721. The van der Waals surface area contributed by atoms with Crippen LogP contribution in [0.3, 0.4) is 0 Å². The van der Waals surface area contributed by atoms with Crippen molar-refractivity contribution in [1.29, 1.82) is 0 Å². The molecule has 2 heterocycles. The maximum absolute atomic E-state index is 6.88. The van der Waals surface area contributed by atoms with Gasteiger partial charge in [-0.3, -0.25) is 0 Å². The minimum atomic E-state index is 0.721. The molecule has 10 rings (SSSR count). The topological polar surface area (TPSA) is 6.48 Å². The highest BCUT2D eigenvalue weighted by Crippen LogP contribution is 2.47. The highest BCUT2D eigenvalue weighted by molar-refractivity contribution is 7.26. The Morgan fingerprint density at radius 3 is 1.66 bits per heavy atom. The molecule has 0 unspecified atom stereocenters. The molecule has 0 amide bonds. The van der Waals surface area contributed by atoms with Crippen LogP contribution in [0.15, 0.2) is 188 Å². The van der Waals surface area contributed by atoms with Crippen molar-refractivity contribution in [2.45, 2.75) is 0 Å². The SMILES string of the molecule is Clc1cc(N(c2ccccc2)c2ccccc2)c2c(c1)sc1cc(-c3cccc(N(c4ccccc4)c4ccc5sc6ccccc6c5c4)c3)ccc12. The van der Waals surface area contributed by atoms with Crippen molar-refractivity contribution in [2.24, 2.45) is 0 Å². The molecule has 0 fully saturated rings. The lowest BCUT2D eigenvalue weighted by molar-refractivity contribution is 1.29. The first kappa shape index (κ1) is 31.8. The van der Waals surface area contributed by atoms with Gasteiger partial charge in [0, 0.05) is 73.8 Å². The van der Waals surface area contributed by atoms with Gasteiger partial charge < -0.3 is 9.80 Å². The Hall–Kier alpha value is -5.91. The summed E-state index contributed by atoms with van der Waals surface area (Å²) in [6.07, 6.45) is 0. The van der Waals surface area contributed by atoms with Gasteiger partial charge >= 0.3 is 0 Å². The average Bonchev–Trinajstić information content (AvgIpc) is 3.77. The standard InChI is InChI=1S/C48H31ClN2S2/c49-34-29-43(51(36-16-6-2-7-17-36)37-18-8-3-9-19-37)48-41-25-23-33(28-46(41)53-47(48)30-34)32-13-12-20-38(27-32)50(35-14-4-1-5-15-35)39-24-26-45-42(31-39)40-21-10-11-22-44(40)52-45/h1-31H. The molecule has 53 heavy (non-hydrogen) atoms. The molecule has 8 aromatic carbocycles. The summed E-state index contributed by atoms with van der Waals surface area (Å²) in [5.74, 6) is 0. The Kier molecular flexibility index (Phi) is 7.95. The Morgan fingerprint density at radius 1 is 0.340 bits per heavy atom. The number of nitrogens with zero attached hydrogens (tertiary/aromatic N) is 2. The van der Waals surface area contributed by atoms with Crippen LogP contribution in [0.1, 0.15) is 0 Å². The Bertz CT molecular complexity index is 2880. The van der Waals surface area contributed by atoms with E-state index < -0.39 is 0 Å². The van der Waals surface area contributed by atoms with Crippen molar-refractivity contribution in [3.8, 4) is 11.1 Å². The summed E-state index contributed by atoms with van der Waals surface area (Å²) in [6.45, 7) is 0. The Balaban J connectivity index is 1.10. The molecule has 10 aromatic rings. The molecule has 0 aliphatic carbocycles. The lowest BCUT2D eigenvalue weighted by Crippen LogP contribution is -2.10. The van der Waals surface area contributed by atoms with E-state index in [4.69, 9.17) is 11.6 Å². The maximum atomic E-state index is 6.88. The van der Waals surface area contributed by atoms with E-state index in [0.717, 1.165) is 43.8 Å². The van der Waals surface area contributed by atoms with Crippen LogP contribution in [-0.2, 0) is 0 Å². The minimum Gasteiger partial charge on any atom is -0.310 e. The van der Waals surface area contributed by atoms with Crippen molar-refractivity contribution in [3.63, 3.8) is 0 Å². The number of anilines is 6. The second-order valence-corrected chi connectivity index (χ2v) is 15.7. The van der Waals surface area contributed by atoms with Gasteiger partial charge in [0.15, 0.2) is 0 Å². The van der Waals surface area contributed by atoms with Crippen LogP contribution < -0.4 is 9.80 Å². The van der Waals surface area contributed by atoms with E-state index in [2.05, 4.69) is 198 Å². The molecule has 0 radical (unpaired) electrons. The number of hydrogen-bond acceptors (Lipinski definition) is 4. The van der Waals surface area contributed by atoms with Crippen LogP contribution in [0.2, 0.25) is 5.02 Å². The number of fused-ring (bicyclic) bond motifs is 6. The zero-order valence-electron chi connectivity index (χ0n) is 28.5. The third-order valence-corrected chi connectivity index (χ3v) is 12.3. The van der Waals surface area contributed by atoms with E-state index in [1.165, 1.54) is 46.8 Å². The highest BCUT2D eigenvalue weighted by Gasteiger charge is 2.20. The predicted molar refractivity (Wildman–Crippen MR) is 232 cm³/mol. The lowest BCUT2D eigenvalue weighted by Gasteiger charge is -2.26. The number of benzene rings is 8. The third kappa shape index (κ3) is 5.73. The van der Waals surface area contributed by atoms with Gasteiger partial charge in [0.1, 0.15) is 0 Å². The molecule has 5 heteroatoms. The quantitative estimate of drug-likeness (QED) is 0.161. The van der Waals surface area contributed by atoms with Crippen molar-refractivity contribution >= 4 is 109 Å². The van der Waals surface area contributed by atoms with E-state index in [-0.39, 0.29) is 0 Å². The monoisotopic (exact) mass is 734 g/mol. The summed E-state index contributed by atoms with van der Waals surface area (Å²) in [5.41, 5.74) is 8.95. The molecule has 0 atom stereocenters. The molecule has 0 N–H and O–H groups in total. The van der Waals surface area contributed by atoms with Gasteiger partial charge in [0.2, 0.25) is 0 Å². The first-order valence-electron chi connectivity index (χ1n) is 17.6. The Morgan fingerprint density at radius 2 is 0.925 bits per heavy atom. The molecule has 2 aromatic heterocycles. The molecule has 0 spiro atoms. The van der Waals surface area contributed by atoms with Gasteiger partial charge in [0.05, 0.1) is 5.69 Å². The van der Waals surface area contributed by atoms with Crippen LogP contribution in [0.4, 0.5) is 34.1 Å². The number of rotatable bonds is 7. The van der Waals surface area contributed by atoms with Crippen molar-refractivity contribution in [1.82, 2.24) is 0 Å². The molecule has 252 valence electrons. The van der Waals surface area contributed by atoms with Gasteiger partial charge in [-0.25, -0.2) is 0 Å². The van der Waals surface area contributed by atoms with Crippen molar-refractivity contribution in [3.05, 3.63) is 193 Å². The molecule has 0 aliphatic heterocycles. The predicted octanol–water partition coefficient (Wildman–Crippen LogP) is 15.7. The normalized spacial score (nSPS) is 11.5. The van der Waals surface area contributed by atoms with Gasteiger partial charge in [0.25, 0.3) is 0 Å². The van der Waals surface area contributed by atoms with Crippen LogP contribution in [0, 0.1) is 0 Å².